The lowest BCUT2D eigenvalue weighted by Crippen LogP contribution is -2.61. The van der Waals surface area contributed by atoms with Gasteiger partial charge in [-0.05, 0) is 26.3 Å². The summed E-state index contributed by atoms with van der Waals surface area (Å²) in [6, 6.07) is 7.97. The third-order valence-corrected chi connectivity index (χ3v) is 5.65. The van der Waals surface area contributed by atoms with E-state index < -0.39 is 11.7 Å². The van der Waals surface area contributed by atoms with Gasteiger partial charge >= 0.3 is 0 Å². The van der Waals surface area contributed by atoms with E-state index in [0.717, 1.165) is 17.5 Å². The lowest BCUT2D eigenvalue weighted by Gasteiger charge is -2.45. The number of hydrogen-bond donors (Lipinski definition) is 1. The van der Waals surface area contributed by atoms with E-state index in [1.54, 1.807) is 4.90 Å². The first-order valence-electron chi connectivity index (χ1n) is 9.15. The summed E-state index contributed by atoms with van der Waals surface area (Å²) in [5.74, 6) is -0.471. The number of benzene rings is 1. The van der Waals surface area contributed by atoms with E-state index in [0.29, 0.717) is 19.7 Å². The second-order valence-corrected chi connectivity index (χ2v) is 7.62. The van der Waals surface area contributed by atoms with E-state index in [-0.39, 0.29) is 24.0 Å². The first kappa shape index (κ1) is 18.4. The third kappa shape index (κ3) is 3.59. The van der Waals surface area contributed by atoms with Gasteiger partial charge in [0.2, 0.25) is 0 Å². The number of aliphatic hydroxyl groups excluding tert-OH is 1. The quantitative estimate of drug-likeness (QED) is 0.911. The van der Waals surface area contributed by atoms with Crippen LogP contribution in [0.5, 0.6) is 0 Å². The van der Waals surface area contributed by atoms with Crippen molar-refractivity contribution in [2.24, 2.45) is 0 Å². The van der Waals surface area contributed by atoms with Crippen LogP contribution in [-0.2, 0) is 14.3 Å². The molecule has 0 bridgehead atoms. The molecule has 1 aromatic rings. The third-order valence-electron chi connectivity index (χ3n) is 5.65. The summed E-state index contributed by atoms with van der Waals surface area (Å²) in [7, 11) is 0. The van der Waals surface area contributed by atoms with Gasteiger partial charge in [-0.2, -0.15) is 0 Å². The number of morpholine rings is 1. The molecule has 5 heteroatoms. The topological polar surface area (TPSA) is 59.0 Å². The molecule has 2 aliphatic rings. The predicted octanol–water partition coefficient (Wildman–Crippen LogP) is 2.25. The molecule has 2 aliphatic heterocycles. The molecule has 2 fully saturated rings. The molecule has 3 rings (SSSR count). The zero-order valence-corrected chi connectivity index (χ0v) is 15.6. The molecule has 2 heterocycles. The minimum absolute atomic E-state index is 0.0442. The number of carbonyl (C=O) groups is 1. The minimum Gasteiger partial charge on any atom is -0.383 e. The molecule has 1 N–H and O–H groups in total. The summed E-state index contributed by atoms with van der Waals surface area (Å²) in [5, 5.41) is 10.7. The summed E-state index contributed by atoms with van der Waals surface area (Å²) in [6.07, 6.45) is -0.380. The molecule has 5 atom stereocenters. The number of nitrogens with zero attached hydrogens (tertiary/aromatic N) is 1. The van der Waals surface area contributed by atoms with E-state index >= 15 is 0 Å². The summed E-state index contributed by atoms with van der Waals surface area (Å²) >= 11 is 0. The van der Waals surface area contributed by atoms with Crippen LogP contribution in [0.4, 0.5) is 0 Å². The first-order valence-corrected chi connectivity index (χ1v) is 9.15. The normalized spacial score (nSPS) is 32.0. The standard InChI is InChI=1S/C20H29NO4/c1-13-5-7-17(8-6-13)15(3)18(22)19(23)21-11-14(2)25-20(12-21)9-10-24-16(20)4/h5-8,14-16,18,22H,9-12H2,1-4H3. The Bertz CT molecular complexity index is 617. The van der Waals surface area contributed by atoms with Crippen molar-refractivity contribution in [3.63, 3.8) is 0 Å². The van der Waals surface area contributed by atoms with Crippen molar-refractivity contribution >= 4 is 5.91 Å². The number of aliphatic hydroxyl groups is 1. The van der Waals surface area contributed by atoms with Crippen LogP contribution in [0.2, 0.25) is 0 Å². The fraction of sp³-hybridized carbons (Fsp3) is 0.650. The summed E-state index contributed by atoms with van der Waals surface area (Å²) < 4.78 is 11.9. The average molecular weight is 347 g/mol. The smallest absolute Gasteiger partial charge is 0.252 e. The molecular formula is C20H29NO4. The average Bonchev–Trinajstić information content (AvgIpc) is 2.92. The Hall–Kier alpha value is -1.43. The molecular weight excluding hydrogens is 318 g/mol. The van der Waals surface area contributed by atoms with Gasteiger partial charge < -0.3 is 19.5 Å². The molecule has 1 aromatic carbocycles. The van der Waals surface area contributed by atoms with Crippen molar-refractivity contribution in [1.29, 1.82) is 0 Å². The van der Waals surface area contributed by atoms with Crippen LogP contribution in [0.1, 0.15) is 44.2 Å². The highest BCUT2D eigenvalue weighted by Crippen LogP contribution is 2.35. The number of hydrogen-bond acceptors (Lipinski definition) is 4. The van der Waals surface area contributed by atoms with E-state index in [4.69, 9.17) is 9.47 Å². The molecule has 0 saturated carbocycles. The lowest BCUT2D eigenvalue weighted by molar-refractivity contribution is -0.183. The Kier molecular flexibility index (Phi) is 5.19. The van der Waals surface area contributed by atoms with Gasteiger partial charge in [0.05, 0.1) is 18.8 Å². The van der Waals surface area contributed by atoms with Crippen molar-refractivity contribution < 1.29 is 19.4 Å². The Morgan fingerprint density at radius 1 is 1.32 bits per heavy atom. The highest BCUT2D eigenvalue weighted by Gasteiger charge is 2.49. The van der Waals surface area contributed by atoms with Crippen LogP contribution in [0.15, 0.2) is 24.3 Å². The largest absolute Gasteiger partial charge is 0.383 e. The highest BCUT2D eigenvalue weighted by molar-refractivity contribution is 5.82. The lowest BCUT2D eigenvalue weighted by atomic mass is 9.90. The maximum atomic E-state index is 13.0. The summed E-state index contributed by atoms with van der Waals surface area (Å²) in [6.45, 7) is 9.53. The van der Waals surface area contributed by atoms with Crippen molar-refractivity contribution in [3.8, 4) is 0 Å². The molecule has 138 valence electrons. The fourth-order valence-electron chi connectivity index (χ4n) is 3.92. The molecule has 1 spiro atoms. The van der Waals surface area contributed by atoms with Crippen LogP contribution in [-0.4, -0.2) is 59.5 Å². The second-order valence-electron chi connectivity index (χ2n) is 7.62. The van der Waals surface area contributed by atoms with Gasteiger partial charge in [0.15, 0.2) is 0 Å². The Morgan fingerprint density at radius 3 is 2.60 bits per heavy atom. The van der Waals surface area contributed by atoms with E-state index in [2.05, 4.69) is 0 Å². The monoisotopic (exact) mass is 347 g/mol. The molecule has 2 saturated heterocycles. The molecule has 0 aliphatic carbocycles. The van der Waals surface area contributed by atoms with E-state index in [9.17, 15) is 9.90 Å². The van der Waals surface area contributed by atoms with Crippen LogP contribution in [0, 0.1) is 6.92 Å². The van der Waals surface area contributed by atoms with Gasteiger partial charge in [-0.1, -0.05) is 36.8 Å². The Morgan fingerprint density at radius 2 is 2.00 bits per heavy atom. The highest BCUT2D eigenvalue weighted by atomic mass is 16.6. The van der Waals surface area contributed by atoms with Crippen LogP contribution < -0.4 is 0 Å². The van der Waals surface area contributed by atoms with Crippen LogP contribution >= 0.6 is 0 Å². The SMILES string of the molecule is Cc1ccc(C(C)C(O)C(=O)N2CC(C)OC3(CCOC3C)C2)cc1. The summed E-state index contributed by atoms with van der Waals surface area (Å²) in [4.78, 5) is 14.7. The van der Waals surface area contributed by atoms with Crippen molar-refractivity contribution in [2.45, 2.75) is 63.9 Å². The maximum absolute atomic E-state index is 13.0. The molecule has 5 nitrogen and oxygen atoms in total. The zero-order valence-electron chi connectivity index (χ0n) is 15.6. The van der Waals surface area contributed by atoms with Crippen molar-refractivity contribution in [2.75, 3.05) is 19.7 Å². The minimum atomic E-state index is -1.05. The van der Waals surface area contributed by atoms with Gasteiger partial charge in [-0.25, -0.2) is 0 Å². The van der Waals surface area contributed by atoms with Crippen molar-refractivity contribution in [3.05, 3.63) is 35.4 Å². The molecule has 25 heavy (non-hydrogen) atoms. The van der Waals surface area contributed by atoms with Gasteiger partial charge in [-0.15, -0.1) is 0 Å². The predicted molar refractivity (Wildman–Crippen MR) is 95.5 cm³/mol. The van der Waals surface area contributed by atoms with Gasteiger partial charge in [-0.3, -0.25) is 4.79 Å². The Labute approximate surface area is 149 Å². The van der Waals surface area contributed by atoms with Gasteiger partial charge in [0.25, 0.3) is 5.91 Å². The van der Waals surface area contributed by atoms with Crippen LogP contribution in [0.25, 0.3) is 0 Å². The van der Waals surface area contributed by atoms with Gasteiger partial charge in [0.1, 0.15) is 11.7 Å². The first-order chi connectivity index (χ1) is 11.8. The van der Waals surface area contributed by atoms with Gasteiger partial charge in [0, 0.05) is 25.5 Å². The number of aryl methyl sites for hydroxylation is 1. The van der Waals surface area contributed by atoms with E-state index in [1.165, 1.54) is 0 Å². The van der Waals surface area contributed by atoms with E-state index in [1.807, 2.05) is 52.0 Å². The number of amides is 1. The van der Waals surface area contributed by atoms with Crippen molar-refractivity contribution in [1.82, 2.24) is 4.90 Å². The molecule has 5 unspecified atom stereocenters. The Balaban J connectivity index is 1.73. The molecule has 0 aromatic heterocycles. The fourth-order valence-corrected chi connectivity index (χ4v) is 3.92. The van der Waals surface area contributed by atoms with Crippen LogP contribution in [0.3, 0.4) is 0 Å². The molecule has 0 radical (unpaired) electrons. The number of ether oxygens (including phenoxy) is 2. The number of rotatable bonds is 3. The second kappa shape index (κ2) is 7.06. The summed E-state index contributed by atoms with van der Waals surface area (Å²) in [5.41, 5.74) is 1.69. The molecule has 1 amide bonds. The number of carbonyl (C=O) groups excluding carboxylic acids is 1. The zero-order chi connectivity index (χ0) is 18.2. The maximum Gasteiger partial charge on any atom is 0.252 e.